The molecule has 1 aliphatic heterocycles. The maximum absolute atomic E-state index is 14.1. The van der Waals surface area contributed by atoms with Gasteiger partial charge >= 0.3 is 0 Å². The number of rotatable bonds is 7. The largest absolute Gasteiger partial charge is 0.493 e. The van der Waals surface area contributed by atoms with Crippen LogP contribution in [0.25, 0.3) is 0 Å². The van der Waals surface area contributed by atoms with Gasteiger partial charge in [0.05, 0.1) is 19.8 Å². The van der Waals surface area contributed by atoms with Crippen molar-refractivity contribution in [2.75, 3.05) is 24.4 Å². The quantitative estimate of drug-likeness (QED) is 0.312. The van der Waals surface area contributed by atoms with E-state index in [1.165, 1.54) is 24.6 Å². The molecule has 2 aromatic carbocycles. The van der Waals surface area contributed by atoms with E-state index < -0.39 is 5.91 Å². The molecule has 1 aromatic heterocycles. The highest BCUT2D eigenvalue weighted by Gasteiger charge is 2.41. The third-order valence-corrected chi connectivity index (χ3v) is 9.02. The summed E-state index contributed by atoms with van der Waals surface area (Å²) in [5.74, 6) is 0.897. The van der Waals surface area contributed by atoms with Gasteiger partial charge < -0.3 is 24.7 Å². The highest BCUT2D eigenvalue weighted by Crippen LogP contribution is 2.50. The van der Waals surface area contributed by atoms with E-state index in [0.717, 1.165) is 56.9 Å². The first-order valence-corrected chi connectivity index (χ1v) is 15.2. The van der Waals surface area contributed by atoms with E-state index in [1.807, 2.05) is 18.2 Å². The number of allylic oxidation sites excluding steroid dienone is 2. The molecule has 1 fully saturated rings. The van der Waals surface area contributed by atoms with E-state index >= 15 is 0 Å². The summed E-state index contributed by atoms with van der Waals surface area (Å²) in [6, 6.07) is 12.7. The van der Waals surface area contributed by atoms with Crippen molar-refractivity contribution in [2.24, 2.45) is 0 Å². The molecule has 3 aromatic rings. The van der Waals surface area contributed by atoms with Crippen molar-refractivity contribution in [1.82, 2.24) is 9.97 Å². The number of fused-ring (bicyclic) bond motifs is 1. The Bertz CT molecular complexity index is 1640. The molecule has 2 N–H and O–H groups in total. The van der Waals surface area contributed by atoms with Crippen LogP contribution >= 0.6 is 0 Å². The lowest BCUT2D eigenvalue weighted by Gasteiger charge is -2.45. The molecule has 1 atom stereocenters. The number of hydrogen-bond acceptors (Lipinski definition) is 7. The fourth-order valence-electron chi connectivity index (χ4n) is 6.93. The summed E-state index contributed by atoms with van der Waals surface area (Å²) in [4.78, 5) is 49.3. The summed E-state index contributed by atoms with van der Waals surface area (Å²) >= 11 is 0. The maximum atomic E-state index is 14.1. The second-order valence-electron chi connectivity index (χ2n) is 11.6. The molecule has 224 valence electrons. The summed E-state index contributed by atoms with van der Waals surface area (Å²) in [7, 11) is 3.22. The van der Waals surface area contributed by atoms with Crippen LogP contribution in [0.1, 0.15) is 103 Å². The van der Waals surface area contributed by atoms with Gasteiger partial charge in [-0.1, -0.05) is 25.3 Å². The van der Waals surface area contributed by atoms with Crippen LogP contribution in [0.4, 0.5) is 11.5 Å². The summed E-state index contributed by atoms with van der Waals surface area (Å²) < 4.78 is 11.1. The Balaban J connectivity index is 1.48. The normalized spacial score (nSPS) is 18.5. The minimum atomic E-state index is -0.509. The van der Waals surface area contributed by atoms with Gasteiger partial charge in [-0.05, 0) is 93.0 Å². The SMILES string of the molecule is COc1ccc(C2C3=C(CCCC3)N(C3CCCCC3)c3nc(C(=O)Nc4ccc(C(C)=O)cc4)[nH]c(=O)c32)cc1OC. The first-order valence-electron chi connectivity index (χ1n) is 15.2. The van der Waals surface area contributed by atoms with E-state index in [9.17, 15) is 14.4 Å². The Kier molecular flexibility index (Phi) is 8.06. The molecule has 0 radical (unpaired) electrons. The summed E-state index contributed by atoms with van der Waals surface area (Å²) in [6.07, 6.45) is 9.45. The van der Waals surface area contributed by atoms with Gasteiger partial charge in [0.2, 0.25) is 5.82 Å². The molecular weight excluding hydrogens is 544 g/mol. The molecule has 43 heavy (non-hydrogen) atoms. The van der Waals surface area contributed by atoms with Crippen LogP contribution in [-0.4, -0.2) is 41.9 Å². The van der Waals surface area contributed by atoms with Crippen molar-refractivity contribution in [3.63, 3.8) is 0 Å². The number of ether oxygens (including phenoxy) is 2. The van der Waals surface area contributed by atoms with Crippen LogP contribution in [0.5, 0.6) is 11.5 Å². The lowest BCUT2D eigenvalue weighted by atomic mass is 9.75. The van der Waals surface area contributed by atoms with Crippen molar-refractivity contribution in [2.45, 2.75) is 76.7 Å². The molecule has 1 amide bonds. The third-order valence-electron chi connectivity index (χ3n) is 9.02. The molecule has 3 aliphatic rings. The Morgan fingerprint density at radius 1 is 0.930 bits per heavy atom. The summed E-state index contributed by atoms with van der Waals surface area (Å²) in [5.41, 5.74) is 4.76. The predicted molar refractivity (Wildman–Crippen MR) is 165 cm³/mol. The van der Waals surface area contributed by atoms with Crippen LogP contribution < -0.4 is 25.2 Å². The van der Waals surface area contributed by atoms with Gasteiger partial charge in [0.25, 0.3) is 11.5 Å². The fourth-order valence-corrected chi connectivity index (χ4v) is 6.93. The van der Waals surface area contributed by atoms with Crippen LogP contribution in [0.3, 0.4) is 0 Å². The predicted octanol–water partition coefficient (Wildman–Crippen LogP) is 6.35. The van der Waals surface area contributed by atoms with Gasteiger partial charge in [-0.2, -0.15) is 0 Å². The molecule has 2 aliphatic carbocycles. The van der Waals surface area contributed by atoms with Crippen LogP contribution in [0.2, 0.25) is 0 Å². The van der Waals surface area contributed by atoms with Crippen LogP contribution in [-0.2, 0) is 0 Å². The fraction of sp³-hybridized carbons (Fsp3) is 0.412. The van der Waals surface area contributed by atoms with Gasteiger partial charge in [0.1, 0.15) is 5.82 Å². The second-order valence-corrected chi connectivity index (χ2v) is 11.6. The Labute approximate surface area is 251 Å². The zero-order chi connectivity index (χ0) is 30.1. The van der Waals surface area contributed by atoms with Gasteiger partial charge in [0.15, 0.2) is 17.3 Å². The number of nitrogens with one attached hydrogen (secondary N) is 2. The van der Waals surface area contributed by atoms with Gasteiger partial charge in [-0.3, -0.25) is 14.4 Å². The number of ketones is 1. The van der Waals surface area contributed by atoms with Gasteiger partial charge in [0, 0.05) is 28.9 Å². The number of methoxy groups -OCH3 is 2. The lowest BCUT2D eigenvalue weighted by molar-refractivity contribution is 0.101. The van der Waals surface area contributed by atoms with E-state index in [4.69, 9.17) is 14.5 Å². The molecule has 2 heterocycles. The number of carbonyl (C=O) groups excluding carboxylic acids is 2. The topological polar surface area (TPSA) is 114 Å². The van der Waals surface area contributed by atoms with E-state index in [2.05, 4.69) is 15.2 Å². The van der Waals surface area contributed by atoms with E-state index in [1.54, 1.807) is 38.5 Å². The standard InChI is InChI=1S/C34H38N4O5/c1-20(39)21-13-16-23(17-14-21)35-34(41)31-36-32-30(33(40)37-31)29(22-15-18-27(42-2)28(19-22)43-3)25-11-7-8-12-26(25)38(32)24-9-5-4-6-10-24/h13-19,24,29H,4-12H2,1-3H3,(H,35,41)(H,36,37,40). The average molecular weight is 583 g/mol. The average Bonchev–Trinajstić information content (AvgIpc) is 3.03. The minimum Gasteiger partial charge on any atom is -0.493 e. The summed E-state index contributed by atoms with van der Waals surface area (Å²) in [6.45, 7) is 1.50. The van der Waals surface area contributed by atoms with Crippen LogP contribution in [0, 0.1) is 0 Å². The number of aromatic amines is 1. The molecule has 6 rings (SSSR count). The minimum absolute atomic E-state index is 0.0360. The van der Waals surface area contributed by atoms with Crippen molar-refractivity contribution < 1.29 is 19.1 Å². The molecule has 9 heteroatoms. The van der Waals surface area contributed by atoms with E-state index in [-0.39, 0.29) is 29.1 Å². The van der Waals surface area contributed by atoms with Crippen molar-refractivity contribution in [1.29, 1.82) is 0 Å². The maximum Gasteiger partial charge on any atom is 0.291 e. The number of benzene rings is 2. The number of H-pyrrole nitrogens is 1. The molecule has 0 saturated heterocycles. The smallest absolute Gasteiger partial charge is 0.291 e. The molecule has 1 saturated carbocycles. The Hall–Kier alpha value is -4.40. The van der Waals surface area contributed by atoms with Crippen molar-refractivity contribution in [3.05, 3.63) is 86.6 Å². The highest BCUT2D eigenvalue weighted by molar-refractivity contribution is 6.02. The Morgan fingerprint density at radius 2 is 1.65 bits per heavy atom. The first-order chi connectivity index (χ1) is 20.9. The molecule has 0 bridgehead atoms. The number of anilines is 2. The molecule has 0 spiro atoms. The molecule has 1 unspecified atom stereocenters. The number of amides is 1. The number of hydrogen-bond donors (Lipinski definition) is 2. The third kappa shape index (κ3) is 5.44. The number of aromatic nitrogens is 2. The lowest BCUT2D eigenvalue weighted by Crippen LogP contribution is -2.44. The van der Waals surface area contributed by atoms with E-state index in [0.29, 0.717) is 34.1 Å². The number of Topliss-reactive ketones (excluding diaryl/α,β-unsaturated/α-hetero) is 1. The number of nitrogens with zero attached hydrogens (tertiary/aromatic N) is 2. The Morgan fingerprint density at radius 3 is 2.35 bits per heavy atom. The first kappa shape index (κ1) is 28.7. The zero-order valence-electron chi connectivity index (χ0n) is 25.0. The van der Waals surface area contributed by atoms with Gasteiger partial charge in [-0.15, -0.1) is 0 Å². The summed E-state index contributed by atoms with van der Waals surface area (Å²) in [5, 5.41) is 2.84. The zero-order valence-corrected chi connectivity index (χ0v) is 25.0. The van der Waals surface area contributed by atoms with Crippen molar-refractivity contribution in [3.8, 4) is 11.5 Å². The molecule has 9 nitrogen and oxygen atoms in total. The molecular formula is C34H38N4O5. The van der Waals surface area contributed by atoms with Gasteiger partial charge in [-0.25, -0.2) is 4.98 Å². The monoisotopic (exact) mass is 582 g/mol. The number of carbonyl (C=O) groups is 2. The van der Waals surface area contributed by atoms with Crippen LogP contribution in [0.15, 0.2) is 58.5 Å². The highest BCUT2D eigenvalue weighted by atomic mass is 16.5. The van der Waals surface area contributed by atoms with Crippen molar-refractivity contribution >= 4 is 23.2 Å². The second kappa shape index (κ2) is 12.1.